The maximum absolute atomic E-state index is 12.2. The average molecular weight is 296 g/mol. The first-order chi connectivity index (χ1) is 9.47. The smallest absolute Gasteiger partial charge is 0.297 e. The molecule has 1 saturated carbocycles. The molecule has 5 heteroatoms. The molecule has 2 rings (SSSR count). The van der Waals surface area contributed by atoms with Gasteiger partial charge in [-0.2, -0.15) is 8.42 Å². The second-order valence-corrected chi connectivity index (χ2v) is 6.88. The van der Waals surface area contributed by atoms with Gasteiger partial charge in [0.1, 0.15) is 5.78 Å². The van der Waals surface area contributed by atoms with Crippen molar-refractivity contribution in [3.63, 3.8) is 0 Å². The predicted octanol–water partition coefficient (Wildman–Crippen LogP) is 2.99. The minimum Gasteiger partial charge on any atom is -0.300 e. The van der Waals surface area contributed by atoms with Gasteiger partial charge in [0, 0.05) is 12.8 Å². The summed E-state index contributed by atoms with van der Waals surface area (Å²) in [4.78, 5) is 11.5. The number of hydrogen-bond donors (Lipinski definition) is 0. The van der Waals surface area contributed by atoms with Crippen LogP contribution in [0.25, 0.3) is 0 Å². The van der Waals surface area contributed by atoms with Crippen LogP contribution in [-0.4, -0.2) is 20.3 Å². The lowest BCUT2D eigenvalue weighted by Gasteiger charge is -2.19. The zero-order chi connectivity index (χ0) is 14.6. The van der Waals surface area contributed by atoms with E-state index in [2.05, 4.69) is 0 Å². The zero-order valence-corrected chi connectivity index (χ0v) is 12.5. The molecular weight excluding hydrogens is 276 g/mol. The first kappa shape index (κ1) is 15.2. The van der Waals surface area contributed by atoms with E-state index in [1.807, 2.05) is 6.92 Å². The van der Waals surface area contributed by atoms with Gasteiger partial charge in [0.05, 0.1) is 11.0 Å². The van der Waals surface area contributed by atoms with E-state index in [1.165, 1.54) is 0 Å². The Kier molecular flexibility index (Phi) is 4.94. The molecule has 0 aromatic heterocycles. The number of hydrogen-bond acceptors (Lipinski definition) is 4. The van der Waals surface area contributed by atoms with Crippen LogP contribution < -0.4 is 0 Å². The molecule has 1 aliphatic carbocycles. The molecule has 0 saturated heterocycles. The Labute approximate surface area is 120 Å². The SMILES string of the molecule is Cc1ccc(S(=O)(=O)OC2CCCC(=O)CCC2)cc1. The Bertz CT molecular complexity index is 548. The normalized spacial score (nSPS) is 18.6. The third-order valence-electron chi connectivity index (χ3n) is 3.54. The van der Waals surface area contributed by atoms with Crippen molar-refractivity contribution in [1.82, 2.24) is 0 Å². The highest BCUT2D eigenvalue weighted by atomic mass is 32.2. The molecular formula is C15H20O4S. The average Bonchev–Trinajstić information content (AvgIpc) is 2.36. The largest absolute Gasteiger partial charge is 0.300 e. The number of rotatable bonds is 3. The monoisotopic (exact) mass is 296 g/mol. The minimum absolute atomic E-state index is 0.196. The number of ketones is 1. The van der Waals surface area contributed by atoms with E-state index in [-0.39, 0.29) is 16.8 Å². The summed E-state index contributed by atoms with van der Waals surface area (Å²) in [5.74, 6) is 0.268. The molecule has 20 heavy (non-hydrogen) atoms. The van der Waals surface area contributed by atoms with Crippen LogP contribution in [0.3, 0.4) is 0 Å². The number of carbonyl (C=O) groups excluding carboxylic acids is 1. The Morgan fingerprint density at radius 3 is 2.15 bits per heavy atom. The van der Waals surface area contributed by atoms with Gasteiger partial charge >= 0.3 is 0 Å². The molecule has 0 aliphatic heterocycles. The van der Waals surface area contributed by atoms with E-state index in [9.17, 15) is 13.2 Å². The van der Waals surface area contributed by atoms with Crippen LogP contribution in [0.4, 0.5) is 0 Å². The zero-order valence-electron chi connectivity index (χ0n) is 11.7. The highest BCUT2D eigenvalue weighted by molar-refractivity contribution is 7.86. The van der Waals surface area contributed by atoms with Crippen LogP contribution in [0.2, 0.25) is 0 Å². The predicted molar refractivity (Wildman–Crippen MR) is 75.9 cm³/mol. The van der Waals surface area contributed by atoms with Crippen molar-refractivity contribution in [3.05, 3.63) is 29.8 Å². The minimum atomic E-state index is -3.70. The Hall–Kier alpha value is -1.20. The van der Waals surface area contributed by atoms with Gasteiger partial charge in [0.25, 0.3) is 10.1 Å². The Morgan fingerprint density at radius 2 is 1.60 bits per heavy atom. The third-order valence-corrected chi connectivity index (χ3v) is 4.91. The molecule has 1 aromatic rings. The molecule has 110 valence electrons. The molecule has 0 amide bonds. The van der Waals surface area contributed by atoms with Crippen molar-refractivity contribution in [2.45, 2.75) is 56.4 Å². The highest BCUT2D eigenvalue weighted by Gasteiger charge is 2.23. The summed E-state index contributed by atoms with van der Waals surface area (Å²) in [6.45, 7) is 1.91. The fourth-order valence-corrected chi connectivity index (χ4v) is 3.49. The Balaban J connectivity index is 2.03. The van der Waals surface area contributed by atoms with Gasteiger partial charge in [-0.3, -0.25) is 8.98 Å². The molecule has 0 heterocycles. The molecule has 0 unspecified atom stereocenters. The van der Waals surface area contributed by atoms with Gasteiger partial charge in [-0.25, -0.2) is 0 Å². The summed E-state index contributed by atoms with van der Waals surface area (Å²) in [5, 5.41) is 0. The van der Waals surface area contributed by atoms with Crippen LogP contribution in [0.5, 0.6) is 0 Å². The number of Topliss-reactive ketones (excluding diaryl/α,β-unsaturated/α-hetero) is 1. The second-order valence-electron chi connectivity index (χ2n) is 5.31. The third kappa shape index (κ3) is 4.15. The lowest BCUT2D eigenvalue weighted by Crippen LogP contribution is -2.21. The molecule has 0 spiro atoms. The molecule has 0 bridgehead atoms. The molecule has 1 aromatic carbocycles. The second kappa shape index (κ2) is 6.50. The molecule has 0 radical (unpaired) electrons. The van der Waals surface area contributed by atoms with Gasteiger partial charge in [0.15, 0.2) is 0 Å². The highest BCUT2D eigenvalue weighted by Crippen LogP contribution is 2.22. The topological polar surface area (TPSA) is 60.4 Å². The molecule has 0 atom stereocenters. The standard InChI is InChI=1S/C15H20O4S/c1-12-8-10-15(11-9-12)20(17,18)19-14-6-2-4-13(16)5-3-7-14/h8-11,14H,2-7H2,1H3. The summed E-state index contributed by atoms with van der Waals surface area (Å²) in [6.07, 6.45) is 3.40. The van der Waals surface area contributed by atoms with Gasteiger partial charge < -0.3 is 0 Å². The number of benzene rings is 1. The summed E-state index contributed by atoms with van der Waals surface area (Å²) < 4.78 is 29.7. The number of carbonyl (C=O) groups is 1. The van der Waals surface area contributed by atoms with Crippen LogP contribution in [0.15, 0.2) is 29.2 Å². The van der Waals surface area contributed by atoms with Crippen molar-refractivity contribution in [3.8, 4) is 0 Å². The van der Waals surface area contributed by atoms with Crippen molar-refractivity contribution < 1.29 is 17.4 Å². The van der Waals surface area contributed by atoms with Crippen molar-refractivity contribution in [2.24, 2.45) is 0 Å². The van der Waals surface area contributed by atoms with Gasteiger partial charge in [0.2, 0.25) is 0 Å². The lowest BCUT2D eigenvalue weighted by atomic mass is 9.98. The fourth-order valence-electron chi connectivity index (χ4n) is 2.36. The van der Waals surface area contributed by atoms with Crippen molar-refractivity contribution in [2.75, 3.05) is 0 Å². The van der Waals surface area contributed by atoms with E-state index in [0.29, 0.717) is 38.5 Å². The molecule has 1 fully saturated rings. The van der Waals surface area contributed by atoms with Crippen LogP contribution >= 0.6 is 0 Å². The maximum atomic E-state index is 12.2. The van der Waals surface area contributed by atoms with E-state index in [0.717, 1.165) is 5.56 Å². The fraction of sp³-hybridized carbons (Fsp3) is 0.533. The summed E-state index contributed by atoms with van der Waals surface area (Å²) in [5.41, 5.74) is 1.01. The van der Waals surface area contributed by atoms with Crippen molar-refractivity contribution >= 4 is 15.9 Å². The molecule has 1 aliphatic rings. The van der Waals surface area contributed by atoms with E-state index < -0.39 is 10.1 Å². The van der Waals surface area contributed by atoms with Crippen LogP contribution in [-0.2, 0) is 19.1 Å². The summed E-state index contributed by atoms with van der Waals surface area (Å²) >= 11 is 0. The van der Waals surface area contributed by atoms with E-state index in [1.54, 1.807) is 24.3 Å². The van der Waals surface area contributed by atoms with E-state index >= 15 is 0 Å². The molecule has 0 N–H and O–H groups in total. The molecule has 4 nitrogen and oxygen atoms in total. The van der Waals surface area contributed by atoms with Crippen LogP contribution in [0, 0.1) is 6.92 Å². The van der Waals surface area contributed by atoms with Gasteiger partial charge in [-0.15, -0.1) is 0 Å². The lowest BCUT2D eigenvalue weighted by molar-refractivity contribution is -0.119. The first-order valence-corrected chi connectivity index (χ1v) is 8.40. The number of aryl methyl sites for hydroxylation is 1. The summed E-state index contributed by atoms with van der Waals surface area (Å²) in [6, 6.07) is 6.65. The van der Waals surface area contributed by atoms with Crippen LogP contribution in [0.1, 0.15) is 44.1 Å². The van der Waals surface area contributed by atoms with Crippen molar-refractivity contribution in [1.29, 1.82) is 0 Å². The Morgan fingerprint density at radius 1 is 1.05 bits per heavy atom. The van der Waals surface area contributed by atoms with E-state index in [4.69, 9.17) is 4.18 Å². The van der Waals surface area contributed by atoms with Gasteiger partial charge in [-0.05, 0) is 44.7 Å². The van der Waals surface area contributed by atoms with Gasteiger partial charge in [-0.1, -0.05) is 17.7 Å². The summed E-state index contributed by atoms with van der Waals surface area (Å²) in [7, 11) is -3.70. The quantitative estimate of drug-likeness (QED) is 0.804. The first-order valence-electron chi connectivity index (χ1n) is 6.99. The maximum Gasteiger partial charge on any atom is 0.297 e.